The maximum Gasteiger partial charge on any atom is 0.312 e. The normalized spacial score (nSPS) is 15.6. The van der Waals surface area contributed by atoms with Gasteiger partial charge in [0.2, 0.25) is 0 Å². The van der Waals surface area contributed by atoms with Crippen LogP contribution in [0, 0.1) is 12.3 Å². The first-order chi connectivity index (χ1) is 7.19. The van der Waals surface area contributed by atoms with Crippen molar-refractivity contribution in [2.24, 2.45) is 5.41 Å². The van der Waals surface area contributed by atoms with E-state index < -0.39 is 17.1 Å². The van der Waals surface area contributed by atoms with Crippen molar-refractivity contribution in [1.82, 2.24) is 0 Å². The van der Waals surface area contributed by atoms with Crippen LogP contribution in [-0.2, 0) is 10.5 Å². The number of carboxylic acid groups (broad SMARTS) is 1. The SMILES string of the molecule is Cc1cccc(C(C)(F)C(C)(C)C(=O)O)c1. The first-order valence-electron chi connectivity index (χ1n) is 5.19. The molecule has 1 aromatic carbocycles. The molecule has 1 aromatic rings. The number of carboxylic acids is 1. The average molecular weight is 224 g/mol. The molecule has 1 N–H and O–H groups in total. The van der Waals surface area contributed by atoms with Crippen LogP contribution in [0.3, 0.4) is 0 Å². The van der Waals surface area contributed by atoms with Crippen LogP contribution >= 0.6 is 0 Å². The molecule has 16 heavy (non-hydrogen) atoms. The zero-order valence-electron chi connectivity index (χ0n) is 10.0. The second-order valence-electron chi connectivity index (χ2n) is 4.80. The highest BCUT2D eigenvalue weighted by molar-refractivity contribution is 5.75. The summed E-state index contributed by atoms with van der Waals surface area (Å²) in [5.41, 5.74) is -2.03. The standard InChI is InChI=1S/C13H17FO2/c1-9-6-5-7-10(8-9)13(4,14)12(2,3)11(15)16/h5-8H,1-4H3,(H,15,16). The van der Waals surface area contributed by atoms with E-state index in [0.29, 0.717) is 5.56 Å². The van der Waals surface area contributed by atoms with Crippen LogP contribution < -0.4 is 0 Å². The molecule has 0 saturated heterocycles. The molecule has 0 fully saturated rings. The second kappa shape index (κ2) is 3.89. The van der Waals surface area contributed by atoms with Gasteiger partial charge in [-0.25, -0.2) is 4.39 Å². The van der Waals surface area contributed by atoms with Crippen molar-refractivity contribution in [2.75, 3.05) is 0 Å². The molecule has 0 heterocycles. The van der Waals surface area contributed by atoms with E-state index in [4.69, 9.17) is 5.11 Å². The number of carbonyl (C=O) groups is 1. The van der Waals surface area contributed by atoms with Crippen LogP contribution in [0.25, 0.3) is 0 Å². The van der Waals surface area contributed by atoms with E-state index in [0.717, 1.165) is 5.56 Å². The lowest BCUT2D eigenvalue weighted by Gasteiger charge is -2.34. The highest BCUT2D eigenvalue weighted by Crippen LogP contribution is 2.43. The molecule has 1 unspecified atom stereocenters. The predicted molar refractivity (Wildman–Crippen MR) is 61.1 cm³/mol. The summed E-state index contributed by atoms with van der Waals surface area (Å²) < 4.78 is 14.7. The number of alkyl halides is 1. The Morgan fingerprint density at radius 1 is 1.31 bits per heavy atom. The van der Waals surface area contributed by atoms with E-state index in [1.165, 1.54) is 20.8 Å². The third kappa shape index (κ3) is 1.94. The first kappa shape index (κ1) is 12.7. The van der Waals surface area contributed by atoms with Gasteiger partial charge in [0.05, 0.1) is 0 Å². The van der Waals surface area contributed by atoms with Crippen molar-refractivity contribution in [3.8, 4) is 0 Å². The van der Waals surface area contributed by atoms with Gasteiger partial charge in [-0.05, 0) is 33.3 Å². The van der Waals surface area contributed by atoms with Crippen LogP contribution in [0.4, 0.5) is 4.39 Å². The third-order valence-corrected chi connectivity index (χ3v) is 3.27. The molecule has 1 atom stereocenters. The minimum atomic E-state index is -1.90. The van der Waals surface area contributed by atoms with Gasteiger partial charge < -0.3 is 5.11 Å². The second-order valence-corrected chi connectivity index (χ2v) is 4.80. The smallest absolute Gasteiger partial charge is 0.312 e. The molecule has 0 aliphatic heterocycles. The van der Waals surface area contributed by atoms with Crippen molar-refractivity contribution in [2.45, 2.75) is 33.4 Å². The monoisotopic (exact) mass is 224 g/mol. The van der Waals surface area contributed by atoms with Crippen molar-refractivity contribution in [1.29, 1.82) is 0 Å². The lowest BCUT2D eigenvalue weighted by atomic mass is 9.73. The fourth-order valence-corrected chi connectivity index (χ4v) is 1.50. The van der Waals surface area contributed by atoms with Gasteiger partial charge in [-0.3, -0.25) is 4.79 Å². The van der Waals surface area contributed by atoms with Crippen molar-refractivity contribution in [3.05, 3.63) is 35.4 Å². The highest BCUT2D eigenvalue weighted by atomic mass is 19.1. The molecule has 0 aromatic heterocycles. The molecule has 2 nitrogen and oxygen atoms in total. The summed E-state index contributed by atoms with van der Waals surface area (Å²) >= 11 is 0. The molecular weight excluding hydrogens is 207 g/mol. The lowest BCUT2D eigenvalue weighted by Crippen LogP contribution is -2.41. The fraction of sp³-hybridized carbons (Fsp3) is 0.462. The zero-order valence-corrected chi connectivity index (χ0v) is 10.0. The molecule has 3 heteroatoms. The Morgan fingerprint density at radius 2 is 1.88 bits per heavy atom. The first-order valence-corrected chi connectivity index (χ1v) is 5.19. The summed E-state index contributed by atoms with van der Waals surface area (Å²) in [5.74, 6) is -1.14. The molecular formula is C13H17FO2. The Labute approximate surface area is 95.1 Å². The quantitative estimate of drug-likeness (QED) is 0.855. The average Bonchev–Trinajstić information content (AvgIpc) is 2.17. The molecule has 0 saturated carbocycles. The molecule has 0 bridgehead atoms. The topological polar surface area (TPSA) is 37.3 Å². The Hall–Kier alpha value is -1.38. The van der Waals surface area contributed by atoms with Gasteiger partial charge in [-0.1, -0.05) is 29.8 Å². The van der Waals surface area contributed by atoms with Crippen LogP contribution in [0.5, 0.6) is 0 Å². The number of rotatable bonds is 3. The van der Waals surface area contributed by atoms with Crippen LogP contribution in [-0.4, -0.2) is 11.1 Å². The summed E-state index contributed by atoms with van der Waals surface area (Å²) in [6.07, 6.45) is 0. The molecule has 1 rings (SSSR count). The number of benzene rings is 1. The number of aryl methyl sites for hydroxylation is 1. The summed E-state index contributed by atoms with van der Waals surface area (Å²) in [4.78, 5) is 11.1. The van der Waals surface area contributed by atoms with Gasteiger partial charge in [0, 0.05) is 0 Å². The zero-order chi connectivity index (χ0) is 12.6. The van der Waals surface area contributed by atoms with Gasteiger partial charge in [-0.15, -0.1) is 0 Å². The number of hydrogen-bond acceptors (Lipinski definition) is 1. The van der Waals surface area contributed by atoms with E-state index in [2.05, 4.69) is 0 Å². The lowest BCUT2D eigenvalue weighted by molar-refractivity contribution is -0.156. The van der Waals surface area contributed by atoms with Gasteiger partial charge in [0.15, 0.2) is 0 Å². The van der Waals surface area contributed by atoms with E-state index >= 15 is 0 Å². The maximum atomic E-state index is 14.7. The van der Waals surface area contributed by atoms with Gasteiger partial charge >= 0.3 is 5.97 Å². The Morgan fingerprint density at radius 3 is 2.31 bits per heavy atom. The summed E-state index contributed by atoms with van der Waals surface area (Å²) in [6, 6.07) is 6.90. The molecule has 0 aliphatic rings. The molecule has 0 amide bonds. The summed E-state index contributed by atoms with van der Waals surface area (Å²) in [6.45, 7) is 5.97. The maximum absolute atomic E-state index is 14.7. The largest absolute Gasteiger partial charge is 0.481 e. The van der Waals surface area contributed by atoms with Gasteiger partial charge in [0.25, 0.3) is 0 Å². The molecule has 88 valence electrons. The third-order valence-electron chi connectivity index (χ3n) is 3.27. The van der Waals surface area contributed by atoms with Gasteiger partial charge in [-0.2, -0.15) is 0 Å². The number of hydrogen-bond donors (Lipinski definition) is 1. The van der Waals surface area contributed by atoms with Crippen LogP contribution in [0.15, 0.2) is 24.3 Å². The fourth-order valence-electron chi connectivity index (χ4n) is 1.50. The van der Waals surface area contributed by atoms with Gasteiger partial charge in [0.1, 0.15) is 11.1 Å². The van der Waals surface area contributed by atoms with Crippen molar-refractivity contribution < 1.29 is 14.3 Å². The molecule has 0 aliphatic carbocycles. The van der Waals surface area contributed by atoms with Crippen LogP contribution in [0.2, 0.25) is 0 Å². The Bertz CT molecular complexity index is 408. The van der Waals surface area contributed by atoms with Crippen LogP contribution in [0.1, 0.15) is 31.9 Å². The minimum absolute atomic E-state index is 0.403. The highest BCUT2D eigenvalue weighted by Gasteiger charge is 2.48. The number of aliphatic carboxylic acids is 1. The molecule has 0 spiro atoms. The minimum Gasteiger partial charge on any atom is -0.481 e. The van der Waals surface area contributed by atoms with Crippen molar-refractivity contribution in [3.63, 3.8) is 0 Å². The van der Waals surface area contributed by atoms with E-state index in [1.807, 2.05) is 13.0 Å². The predicted octanol–water partition coefficient (Wildman–Crippen LogP) is 3.29. The van der Waals surface area contributed by atoms with E-state index in [1.54, 1.807) is 18.2 Å². The number of halogens is 1. The molecule has 0 radical (unpaired) electrons. The Kier molecular flexibility index (Phi) is 3.08. The van der Waals surface area contributed by atoms with E-state index in [-0.39, 0.29) is 0 Å². The summed E-state index contributed by atoms with van der Waals surface area (Å²) in [5, 5.41) is 9.07. The Balaban J connectivity index is 3.26. The van der Waals surface area contributed by atoms with E-state index in [9.17, 15) is 9.18 Å². The summed E-state index contributed by atoms with van der Waals surface area (Å²) in [7, 11) is 0. The van der Waals surface area contributed by atoms with Crippen molar-refractivity contribution >= 4 is 5.97 Å².